The molecule has 0 radical (unpaired) electrons. The summed E-state index contributed by atoms with van der Waals surface area (Å²) < 4.78 is 14.2. The molecule has 1 unspecified atom stereocenters. The number of hydrogen-bond donors (Lipinski definition) is 1. The standard InChI is InChI=1S/C11H7Br2ClFNO3/c12-4-1-7(17)16(3-4)10-5(11(18)19)2-6(14)8(13)9(10)15/h2,4H,1,3H2,(H,18,19). The summed E-state index contributed by atoms with van der Waals surface area (Å²) in [4.78, 5) is 24.0. The first-order valence-corrected chi connectivity index (χ1v) is 7.26. The van der Waals surface area contributed by atoms with E-state index in [1.54, 1.807) is 0 Å². The molecule has 0 aromatic heterocycles. The van der Waals surface area contributed by atoms with Crippen molar-refractivity contribution in [2.45, 2.75) is 11.2 Å². The molecule has 1 saturated heterocycles. The number of carbonyl (C=O) groups is 2. The van der Waals surface area contributed by atoms with Crippen LogP contribution in [0.15, 0.2) is 10.5 Å². The molecule has 1 amide bonds. The minimum absolute atomic E-state index is 0.0549. The number of rotatable bonds is 2. The van der Waals surface area contributed by atoms with Crippen LogP contribution in [0.2, 0.25) is 5.02 Å². The van der Waals surface area contributed by atoms with Crippen molar-refractivity contribution in [3.8, 4) is 0 Å². The minimum atomic E-state index is -1.34. The Bertz CT molecular complexity index is 582. The summed E-state index contributed by atoms with van der Waals surface area (Å²) in [6, 6.07) is 1.13. The Labute approximate surface area is 129 Å². The molecule has 1 atom stereocenters. The van der Waals surface area contributed by atoms with E-state index in [2.05, 4.69) is 31.9 Å². The van der Waals surface area contributed by atoms with Crippen LogP contribution in [0, 0.1) is 5.82 Å². The molecule has 0 spiro atoms. The molecule has 1 fully saturated rings. The lowest BCUT2D eigenvalue weighted by Gasteiger charge is -2.20. The monoisotopic (exact) mass is 413 g/mol. The van der Waals surface area contributed by atoms with Crippen LogP contribution in [-0.2, 0) is 4.79 Å². The number of nitrogens with zero attached hydrogens (tertiary/aromatic N) is 1. The van der Waals surface area contributed by atoms with E-state index < -0.39 is 11.8 Å². The van der Waals surface area contributed by atoms with E-state index in [1.165, 1.54) is 0 Å². The molecular formula is C11H7Br2ClFNO3. The van der Waals surface area contributed by atoms with Gasteiger partial charge in [-0.25, -0.2) is 9.18 Å². The van der Waals surface area contributed by atoms with Gasteiger partial charge in [0, 0.05) is 17.8 Å². The average Bonchev–Trinajstić information content (AvgIpc) is 2.64. The maximum absolute atomic E-state index is 14.2. The highest BCUT2D eigenvalue weighted by atomic mass is 79.9. The van der Waals surface area contributed by atoms with Crippen LogP contribution in [0.1, 0.15) is 16.8 Å². The van der Waals surface area contributed by atoms with Crippen LogP contribution in [-0.4, -0.2) is 28.4 Å². The van der Waals surface area contributed by atoms with Crippen molar-refractivity contribution in [3.05, 3.63) is 26.9 Å². The quantitative estimate of drug-likeness (QED) is 0.595. The van der Waals surface area contributed by atoms with Crippen LogP contribution in [0.3, 0.4) is 0 Å². The fraction of sp³-hybridized carbons (Fsp3) is 0.273. The number of hydrogen-bond acceptors (Lipinski definition) is 2. The summed E-state index contributed by atoms with van der Waals surface area (Å²) in [6.45, 7) is 0.212. The first-order valence-electron chi connectivity index (χ1n) is 5.18. The number of alkyl halides is 1. The Hall–Kier alpha value is -0.660. The van der Waals surface area contributed by atoms with E-state index in [4.69, 9.17) is 16.7 Å². The van der Waals surface area contributed by atoms with Crippen LogP contribution < -0.4 is 4.90 Å². The van der Waals surface area contributed by atoms with Crippen molar-refractivity contribution in [1.82, 2.24) is 0 Å². The highest BCUT2D eigenvalue weighted by Gasteiger charge is 2.34. The van der Waals surface area contributed by atoms with Crippen molar-refractivity contribution in [2.75, 3.05) is 11.4 Å². The molecule has 102 valence electrons. The van der Waals surface area contributed by atoms with Crippen molar-refractivity contribution in [3.63, 3.8) is 0 Å². The second-order valence-electron chi connectivity index (χ2n) is 3.99. The van der Waals surface area contributed by atoms with Gasteiger partial charge in [0.2, 0.25) is 5.91 Å². The van der Waals surface area contributed by atoms with Gasteiger partial charge in [0.25, 0.3) is 0 Å². The Morgan fingerprint density at radius 3 is 2.68 bits per heavy atom. The molecule has 1 aliphatic heterocycles. The molecule has 0 aliphatic carbocycles. The Morgan fingerprint density at radius 1 is 1.58 bits per heavy atom. The van der Waals surface area contributed by atoms with E-state index in [0.29, 0.717) is 0 Å². The Kier molecular flexibility index (Phi) is 4.17. The molecular weight excluding hydrogens is 408 g/mol. The van der Waals surface area contributed by atoms with Gasteiger partial charge in [-0.15, -0.1) is 0 Å². The van der Waals surface area contributed by atoms with Crippen LogP contribution in [0.25, 0.3) is 0 Å². The number of carboxylic acids is 1. The molecule has 0 bridgehead atoms. The number of carboxylic acid groups (broad SMARTS) is 1. The van der Waals surface area contributed by atoms with Crippen molar-refractivity contribution in [1.29, 1.82) is 0 Å². The molecule has 4 nitrogen and oxygen atoms in total. The molecule has 1 N–H and O–H groups in total. The van der Waals surface area contributed by atoms with Gasteiger partial charge in [0.1, 0.15) is 0 Å². The first-order chi connectivity index (χ1) is 8.82. The van der Waals surface area contributed by atoms with E-state index >= 15 is 0 Å². The van der Waals surface area contributed by atoms with Gasteiger partial charge in [-0.1, -0.05) is 27.5 Å². The molecule has 1 heterocycles. The number of anilines is 1. The van der Waals surface area contributed by atoms with Gasteiger partial charge in [0.05, 0.1) is 20.7 Å². The SMILES string of the molecule is O=C(O)c1cc(Cl)c(Br)c(F)c1N1CC(Br)CC1=O. The number of halogens is 4. The second-order valence-corrected chi connectivity index (χ2v) is 6.49. The van der Waals surface area contributed by atoms with E-state index in [9.17, 15) is 14.0 Å². The third-order valence-electron chi connectivity index (χ3n) is 2.71. The van der Waals surface area contributed by atoms with Crippen LogP contribution >= 0.6 is 43.5 Å². The third-order valence-corrected chi connectivity index (χ3v) is 4.63. The fourth-order valence-corrected chi connectivity index (χ4v) is 2.95. The molecule has 1 aromatic rings. The summed E-state index contributed by atoms with van der Waals surface area (Å²) in [5, 5.41) is 9.07. The Morgan fingerprint density at radius 2 is 2.21 bits per heavy atom. The van der Waals surface area contributed by atoms with Crippen LogP contribution in [0.4, 0.5) is 10.1 Å². The van der Waals surface area contributed by atoms with E-state index in [-0.39, 0.29) is 44.4 Å². The average molecular weight is 415 g/mol. The highest BCUT2D eigenvalue weighted by Crippen LogP contribution is 2.38. The number of amides is 1. The predicted octanol–water partition coefficient (Wildman–Crippen LogP) is 3.44. The molecule has 19 heavy (non-hydrogen) atoms. The molecule has 1 aromatic carbocycles. The molecule has 0 saturated carbocycles. The summed E-state index contributed by atoms with van der Waals surface area (Å²) in [6.07, 6.45) is 0.193. The van der Waals surface area contributed by atoms with Gasteiger partial charge in [-0.05, 0) is 22.0 Å². The van der Waals surface area contributed by atoms with Crippen molar-refractivity contribution < 1.29 is 19.1 Å². The van der Waals surface area contributed by atoms with E-state index in [0.717, 1.165) is 11.0 Å². The Balaban J connectivity index is 2.64. The third kappa shape index (κ3) is 2.64. The summed E-state index contributed by atoms with van der Waals surface area (Å²) in [7, 11) is 0. The maximum Gasteiger partial charge on any atom is 0.337 e. The normalized spacial score (nSPS) is 19.1. The van der Waals surface area contributed by atoms with Gasteiger partial charge in [-0.3, -0.25) is 4.79 Å². The number of aromatic carboxylic acids is 1. The summed E-state index contributed by atoms with van der Waals surface area (Å²) in [5.41, 5.74) is -0.587. The van der Waals surface area contributed by atoms with Gasteiger partial charge >= 0.3 is 5.97 Å². The zero-order chi connectivity index (χ0) is 14.3. The van der Waals surface area contributed by atoms with Crippen molar-refractivity contribution >= 4 is 61.0 Å². The van der Waals surface area contributed by atoms with Gasteiger partial charge in [0.15, 0.2) is 5.82 Å². The molecule has 2 rings (SSSR count). The fourth-order valence-electron chi connectivity index (χ4n) is 1.89. The maximum atomic E-state index is 14.2. The van der Waals surface area contributed by atoms with E-state index in [1.807, 2.05) is 0 Å². The van der Waals surface area contributed by atoms with Gasteiger partial charge < -0.3 is 10.0 Å². The highest BCUT2D eigenvalue weighted by molar-refractivity contribution is 9.10. The van der Waals surface area contributed by atoms with Gasteiger partial charge in [-0.2, -0.15) is 0 Å². The first kappa shape index (κ1) is 14.7. The zero-order valence-electron chi connectivity index (χ0n) is 9.29. The lowest BCUT2D eigenvalue weighted by atomic mass is 10.1. The van der Waals surface area contributed by atoms with Crippen molar-refractivity contribution in [2.24, 2.45) is 0 Å². The molecule has 8 heteroatoms. The van der Waals surface area contributed by atoms with Crippen LogP contribution in [0.5, 0.6) is 0 Å². The minimum Gasteiger partial charge on any atom is -0.478 e. The number of carbonyl (C=O) groups excluding carboxylic acids is 1. The second kappa shape index (κ2) is 5.38. The predicted molar refractivity (Wildman–Crippen MR) is 75.8 cm³/mol. The zero-order valence-corrected chi connectivity index (χ0v) is 13.2. The summed E-state index contributed by atoms with van der Waals surface area (Å²) >= 11 is 12.0. The smallest absolute Gasteiger partial charge is 0.337 e. The largest absolute Gasteiger partial charge is 0.478 e. The molecule has 1 aliphatic rings. The topological polar surface area (TPSA) is 57.6 Å². The number of benzene rings is 1. The lowest BCUT2D eigenvalue weighted by Crippen LogP contribution is -2.28. The summed E-state index contributed by atoms with van der Waals surface area (Å²) in [5.74, 6) is -2.52. The lowest BCUT2D eigenvalue weighted by molar-refractivity contribution is -0.117.